The number of rotatable bonds is 29. The third kappa shape index (κ3) is 27.6. The van der Waals surface area contributed by atoms with Gasteiger partial charge in [-0.2, -0.15) is 0 Å². The van der Waals surface area contributed by atoms with E-state index in [0.717, 1.165) is 69.5 Å². The van der Waals surface area contributed by atoms with Crippen LogP contribution in [0.5, 0.6) is 5.75 Å². The van der Waals surface area contributed by atoms with Crippen molar-refractivity contribution in [2.45, 2.75) is 168 Å². The first-order chi connectivity index (χ1) is 20.9. The van der Waals surface area contributed by atoms with Gasteiger partial charge < -0.3 is 24.7 Å². The first-order valence-electron chi connectivity index (χ1n) is 17.6. The number of unbranched alkanes of at least 4 members (excludes halogenated alkanes) is 19. The molecule has 0 aliphatic carbocycles. The molecule has 2 amide bonds. The summed E-state index contributed by atoms with van der Waals surface area (Å²) in [6.07, 6.45) is 26.9. The maximum Gasteiger partial charge on any atom is 1.00 e. The van der Waals surface area contributed by atoms with Crippen LogP contribution in [0.2, 0.25) is 0 Å². The summed E-state index contributed by atoms with van der Waals surface area (Å²) in [4.78, 5) is 34.9. The van der Waals surface area contributed by atoms with E-state index in [1.165, 1.54) is 83.5 Å². The molecule has 1 aromatic carbocycles. The second-order valence-electron chi connectivity index (χ2n) is 12.7. The van der Waals surface area contributed by atoms with Gasteiger partial charge in [0, 0.05) is 6.42 Å². The predicted octanol–water partition coefficient (Wildman–Crippen LogP) is 8.21. The Morgan fingerprint density at radius 3 is 1.48 bits per heavy atom. The number of carboxylic acid groups (broad SMARTS) is 1. The van der Waals surface area contributed by atoms with Crippen LogP contribution in [0.1, 0.15) is 178 Å². The molecule has 1 N–H and O–H groups in total. The molecule has 0 aromatic heterocycles. The Labute approximate surface area is 312 Å². The summed E-state index contributed by atoms with van der Waals surface area (Å²) in [5.74, 6) is 0.0156. The van der Waals surface area contributed by atoms with Gasteiger partial charge >= 0.3 is 57.4 Å². The molecule has 7 heteroatoms. The number of benzene rings is 1. The Morgan fingerprint density at radius 1 is 0.614 bits per heavy atom. The van der Waals surface area contributed by atoms with Crippen molar-refractivity contribution in [3.63, 3.8) is 0 Å². The van der Waals surface area contributed by atoms with Crippen molar-refractivity contribution < 1.29 is 75.6 Å². The molecule has 0 aliphatic heterocycles. The minimum atomic E-state index is -0.727. The monoisotopic (exact) mass is 639 g/mol. The molecule has 0 aliphatic rings. The van der Waals surface area contributed by atoms with Crippen LogP contribution < -0.4 is 56.1 Å². The fraction of sp³-hybridized carbons (Fsp3) is 0.757. The summed E-state index contributed by atoms with van der Waals surface area (Å²) in [6.45, 7) is 5.31. The van der Waals surface area contributed by atoms with Crippen molar-refractivity contribution >= 4 is 17.8 Å². The van der Waals surface area contributed by atoms with Crippen molar-refractivity contribution in [3.8, 4) is 5.75 Å². The van der Waals surface area contributed by atoms with E-state index in [0.29, 0.717) is 18.6 Å². The van der Waals surface area contributed by atoms with E-state index >= 15 is 0 Å². The number of carbonyl (C=O) groups excluding carboxylic acids is 2. The summed E-state index contributed by atoms with van der Waals surface area (Å²) in [6, 6.07) is 6.91. The molecule has 0 unspecified atom stereocenters. The summed E-state index contributed by atoms with van der Waals surface area (Å²) in [5.41, 5.74) is 0.408. The molecule has 0 radical (unpaired) electrons. The van der Waals surface area contributed by atoms with Gasteiger partial charge in [0.25, 0.3) is 0 Å². The van der Waals surface area contributed by atoms with Gasteiger partial charge in [-0.3, -0.25) is 4.79 Å². The van der Waals surface area contributed by atoms with Gasteiger partial charge in [0.1, 0.15) is 5.75 Å². The van der Waals surface area contributed by atoms with Crippen LogP contribution >= 0.6 is 0 Å². The molecule has 44 heavy (non-hydrogen) atoms. The normalized spacial score (nSPS) is 10.9. The Bertz CT molecular complexity index is 843. The summed E-state index contributed by atoms with van der Waals surface area (Å²) in [7, 11) is 0. The fourth-order valence-electron chi connectivity index (χ4n) is 5.33. The molecule has 0 heterocycles. The molecule has 0 saturated carbocycles. The molecule has 1 aromatic rings. The van der Waals surface area contributed by atoms with Crippen LogP contribution in [0.15, 0.2) is 24.3 Å². The maximum absolute atomic E-state index is 12.3. The van der Waals surface area contributed by atoms with E-state index in [1.807, 2.05) is 0 Å². The Balaban J connectivity index is 0.0000185. The average molecular weight is 640 g/mol. The minimum absolute atomic E-state index is 0. The Kier molecular flexibility index (Phi) is 30.4. The zero-order valence-electron chi connectivity index (χ0n) is 28.6. The number of carboxylic acids is 1. The van der Waals surface area contributed by atoms with Gasteiger partial charge in [0.05, 0.1) is 18.4 Å². The number of ether oxygens (including phenoxy) is 1. The number of hydrogen-bond acceptors (Lipinski definition) is 4. The number of carbonyl (C=O) groups is 3. The van der Waals surface area contributed by atoms with Gasteiger partial charge in [0.2, 0.25) is 0 Å². The van der Waals surface area contributed by atoms with E-state index in [4.69, 9.17) is 9.84 Å². The minimum Gasteiger partial charge on any atom is -0.592 e. The zero-order chi connectivity index (χ0) is 31.4. The first-order valence-corrected chi connectivity index (χ1v) is 17.6. The van der Waals surface area contributed by atoms with Gasteiger partial charge in [-0.05, 0) is 61.4 Å². The summed E-state index contributed by atoms with van der Waals surface area (Å²) >= 11 is 0. The smallest absolute Gasteiger partial charge is 0.592 e. The van der Waals surface area contributed by atoms with Crippen molar-refractivity contribution in [2.75, 3.05) is 6.61 Å². The molecule has 0 bridgehead atoms. The van der Waals surface area contributed by atoms with Crippen LogP contribution in [-0.4, -0.2) is 29.5 Å². The maximum atomic E-state index is 12.3. The van der Waals surface area contributed by atoms with Crippen LogP contribution in [-0.2, 0) is 9.59 Å². The largest absolute Gasteiger partial charge is 1.00 e. The molecule has 0 spiro atoms. The van der Waals surface area contributed by atoms with E-state index < -0.39 is 11.9 Å². The summed E-state index contributed by atoms with van der Waals surface area (Å²) in [5, 5.41) is 12.4. The molecular weight excluding hydrogens is 578 g/mol. The molecule has 0 atom stereocenters. The standard InChI is InChI=1S/C37H63NO5.K/c1-32(2)24-20-16-12-8-6-4-3-5-7-11-15-19-23-31-43-34-29-27-33(28-30-34)37(42)38-35(39)25-21-17-13-9-10-14-18-22-26-36(40)41;/h27-30,32H,3-26,31H2,1-2H3,(H2,38,39,40,41,42);/q;+1/p-1. The molecule has 0 fully saturated rings. The molecular formula is C37H62KNO5. The number of imide groups is 1. The van der Waals surface area contributed by atoms with E-state index in [2.05, 4.69) is 19.2 Å². The van der Waals surface area contributed by atoms with Crippen molar-refractivity contribution in [2.24, 2.45) is 5.92 Å². The Hall–Kier alpha value is -0.734. The van der Waals surface area contributed by atoms with Crippen LogP contribution in [0, 0.1) is 5.92 Å². The van der Waals surface area contributed by atoms with E-state index in [-0.39, 0.29) is 63.7 Å². The van der Waals surface area contributed by atoms with E-state index in [9.17, 15) is 14.4 Å². The number of hydrogen-bond donors (Lipinski definition) is 1. The summed E-state index contributed by atoms with van der Waals surface area (Å²) < 4.78 is 5.83. The Morgan fingerprint density at radius 2 is 1.02 bits per heavy atom. The van der Waals surface area contributed by atoms with Gasteiger partial charge in [0.15, 0.2) is 0 Å². The fourth-order valence-corrected chi connectivity index (χ4v) is 5.33. The van der Waals surface area contributed by atoms with Gasteiger partial charge in [-0.15, -0.1) is 0 Å². The van der Waals surface area contributed by atoms with Crippen molar-refractivity contribution in [1.82, 2.24) is 0 Å². The predicted molar refractivity (Wildman–Crippen MR) is 178 cm³/mol. The third-order valence-electron chi connectivity index (χ3n) is 8.05. The molecule has 246 valence electrons. The van der Waals surface area contributed by atoms with Crippen LogP contribution in [0.3, 0.4) is 0 Å². The van der Waals surface area contributed by atoms with Crippen LogP contribution in [0.25, 0.3) is 5.32 Å². The van der Waals surface area contributed by atoms with E-state index in [1.54, 1.807) is 24.3 Å². The number of amides is 2. The van der Waals surface area contributed by atoms with Gasteiger partial charge in [-0.25, -0.2) is 0 Å². The number of aliphatic carboxylic acids is 1. The second-order valence-corrected chi connectivity index (χ2v) is 12.7. The third-order valence-corrected chi connectivity index (χ3v) is 8.05. The first kappa shape index (κ1) is 43.3. The quantitative estimate of drug-likeness (QED) is 0.0704. The molecule has 1 rings (SSSR count). The van der Waals surface area contributed by atoms with Crippen molar-refractivity contribution in [3.05, 3.63) is 35.1 Å². The van der Waals surface area contributed by atoms with Crippen LogP contribution in [0.4, 0.5) is 0 Å². The average Bonchev–Trinajstić information content (AvgIpc) is 2.97. The molecule has 0 saturated heterocycles. The zero-order valence-corrected chi connectivity index (χ0v) is 31.7. The van der Waals surface area contributed by atoms with Crippen molar-refractivity contribution in [1.29, 1.82) is 0 Å². The topological polar surface area (TPSA) is 94.8 Å². The molecule has 6 nitrogen and oxygen atoms in total. The SMILES string of the molecule is CC(C)CCCCCCCCCCCCCCCOc1ccc(C(=O)[N-]C(=O)CCCCCCCCCCC(=O)O)cc1.[K+]. The number of nitrogens with zero attached hydrogens (tertiary/aromatic N) is 1. The van der Waals surface area contributed by atoms with Gasteiger partial charge in [-0.1, -0.05) is 136 Å². The second kappa shape index (κ2) is 30.9.